The molecule has 1 spiro atoms. The van der Waals surface area contributed by atoms with Crippen molar-refractivity contribution in [1.82, 2.24) is 9.80 Å². The summed E-state index contributed by atoms with van der Waals surface area (Å²) in [5, 5.41) is 10.7. The number of aliphatic hydroxyl groups excluding tert-OH is 1. The zero-order valence-electron chi connectivity index (χ0n) is 23.9. The number of benzene rings is 2. The molecule has 2 amide bonds. The lowest BCUT2D eigenvalue weighted by molar-refractivity contribution is -0.163. The second-order valence-corrected chi connectivity index (χ2v) is 11.6. The van der Waals surface area contributed by atoms with Crippen LogP contribution in [0.1, 0.15) is 49.8 Å². The molecule has 4 aliphatic rings. The van der Waals surface area contributed by atoms with Gasteiger partial charge in [-0.1, -0.05) is 91.9 Å². The van der Waals surface area contributed by atoms with Crippen molar-refractivity contribution in [3.05, 3.63) is 96.1 Å². The van der Waals surface area contributed by atoms with Crippen LogP contribution >= 0.6 is 0 Å². The number of carbonyl (C=O) groups is 3. The average molecular weight is 571 g/mol. The van der Waals surface area contributed by atoms with Gasteiger partial charge in [0.1, 0.15) is 23.2 Å². The molecule has 8 nitrogen and oxygen atoms in total. The molecule has 8 heteroatoms. The van der Waals surface area contributed by atoms with Crippen LogP contribution < -0.4 is 0 Å². The fourth-order valence-corrected chi connectivity index (χ4v) is 7.34. The standard InChI is InChI=1S/C34H38N2O6/c1-2-33-18-11-3-4-12-21-41-32(40)28(33)27-30(38)36(26(23-37)25-16-9-6-10-17-25)29-31(39)35(20-13-19-34(27,29)42-33)22-24-14-7-5-8-15-24/h5-11,13-19,26-29,37H,2-4,12,20-23H2,1H3/b18-11-/t26-,27+,28-,29?,33+,34+/m1/s1. The lowest BCUT2D eigenvalue weighted by Gasteiger charge is -2.41. The number of allylic oxidation sites excluding steroid dienone is 1. The number of esters is 1. The summed E-state index contributed by atoms with van der Waals surface area (Å²) in [6.45, 7) is 2.49. The topological polar surface area (TPSA) is 96.4 Å². The minimum absolute atomic E-state index is 0.271. The van der Waals surface area contributed by atoms with E-state index in [0.717, 1.165) is 24.8 Å². The number of likely N-dealkylation sites (tertiary alicyclic amines) is 1. The number of rotatable bonds is 6. The fraction of sp³-hybridized carbons (Fsp3) is 0.441. The number of nitrogens with zero attached hydrogens (tertiary/aromatic N) is 2. The van der Waals surface area contributed by atoms with Gasteiger partial charge < -0.3 is 24.4 Å². The normalized spacial score (nSPS) is 32.4. The predicted molar refractivity (Wildman–Crippen MR) is 156 cm³/mol. The molecule has 6 rings (SSSR count). The summed E-state index contributed by atoms with van der Waals surface area (Å²) < 4.78 is 12.8. The Balaban J connectivity index is 1.51. The van der Waals surface area contributed by atoms with Gasteiger partial charge in [-0.2, -0.15) is 0 Å². The number of ether oxygens (including phenoxy) is 2. The Morgan fingerprint density at radius 1 is 0.929 bits per heavy atom. The number of cyclic esters (lactones) is 1. The molecule has 2 fully saturated rings. The summed E-state index contributed by atoms with van der Waals surface area (Å²) in [7, 11) is 0. The van der Waals surface area contributed by atoms with Gasteiger partial charge in [-0.3, -0.25) is 14.4 Å². The van der Waals surface area contributed by atoms with Crippen molar-refractivity contribution in [2.24, 2.45) is 11.8 Å². The fourth-order valence-electron chi connectivity index (χ4n) is 7.34. The minimum atomic E-state index is -1.42. The molecule has 6 atom stereocenters. The van der Waals surface area contributed by atoms with Crippen LogP contribution in [-0.4, -0.2) is 69.7 Å². The summed E-state index contributed by atoms with van der Waals surface area (Å²) >= 11 is 0. The van der Waals surface area contributed by atoms with Crippen molar-refractivity contribution >= 4 is 17.8 Å². The van der Waals surface area contributed by atoms with Crippen molar-refractivity contribution < 1.29 is 29.0 Å². The zero-order chi connectivity index (χ0) is 29.3. The summed E-state index contributed by atoms with van der Waals surface area (Å²) in [5.41, 5.74) is -0.864. The van der Waals surface area contributed by atoms with Crippen molar-refractivity contribution in [2.45, 2.75) is 62.4 Å². The monoisotopic (exact) mass is 570 g/mol. The molecule has 4 heterocycles. The molecule has 1 unspecified atom stereocenters. The molecule has 2 aromatic rings. The van der Waals surface area contributed by atoms with Crippen LogP contribution in [0, 0.1) is 11.8 Å². The third kappa shape index (κ3) is 4.57. The van der Waals surface area contributed by atoms with E-state index in [2.05, 4.69) is 0 Å². The molecule has 2 aromatic carbocycles. The van der Waals surface area contributed by atoms with Gasteiger partial charge in [0.05, 0.1) is 25.2 Å². The van der Waals surface area contributed by atoms with Crippen LogP contribution in [0.3, 0.4) is 0 Å². The number of fused-ring (bicyclic) bond motifs is 2. The highest BCUT2D eigenvalue weighted by molar-refractivity contribution is 5.99. The third-order valence-corrected chi connectivity index (χ3v) is 9.31. The van der Waals surface area contributed by atoms with E-state index >= 15 is 0 Å². The van der Waals surface area contributed by atoms with Crippen LogP contribution in [0.4, 0.5) is 0 Å². The Bertz CT molecular complexity index is 1380. The smallest absolute Gasteiger partial charge is 0.313 e. The first kappa shape index (κ1) is 28.4. The van der Waals surface area contributed by atoms with Gasteiger partial charge in [0.25, 0.3) is 0 Å². The van der Waals surface area contributed by atoms with Crippen LogP contribution in [0.2, 0.25) is 0 Å². The third-order valence-electron chi connectivity index (χ3n) is 9.31. The summed E-state index contributed by atoms with van der Waals surface area (Å²) in [6, 6.07) is 17.0. The van der Waals surface area contributed by atoms with Crippen LogP contribution in [0.15, 0.2) is 85.0 Å². The van der Waals surface area contributed by atoms with Crippen LogP contribution in [0.5, 0.6) is 0 Å². The van der Waals surface area contributed by atoms with Gasteiger partial charge in [-0.15, -0.1) is 0 Å². The highest BCUT2D eigenvalue weighted by atomic mass is 16.6. The molecule has 42 heavy (non-hydrogen) atoms. The zero-order valence-corrected chi connectivity index (χ0v) is 23.9. The SMILES string of the molecule is CC[C@]12/C=C\CCCCOC(=O)[C@H]1[C@H]1C(=O)N([C@H](CO)c3ccccc3)C3C(=O)N(Cc4ccccc4)CC=C[C@@]31O2. The number of carbonyl (C=O) groups excluding carboxylic acids is 3. The second-order valence-electron chi connectivity index (χ2n) is 11.6. The molecular formula is C34H38N2O6. The molecule has 0 radical (unpaired) electrons. The Hall–Kier alpha value is -3.75. The van der Waals surface area contributed by atoms with Crippen LogP contribution in [-0.2, 0) is 30.4 Å². The molecule has 0 aromatic heterocycles. The Kier molecular flexibility index (Phi) is 7.77. The highest BCUT2D eigenvalue weighted by Gasteiger charge is 2.76. The number of hydrogen-bond donors (Lipinski definition) is 1. The van der Waals surface area contributed by atoms with E-state index < -0.39 is 47.7 Å². The maximum atomic E-state index is 14.8. The first-order valence-electron chi connectivity index (χ1n) is 15.0. The van der Waals surface area contributed by atoms with E-state index in [4.69, 9.17) is 9.47 Å². The lowest BCUT2D eigenvalue weighted by Crippen LogP contribution is -2.57. The van der Waals surface area contributed by atoms with Gasteiger partial charge in [-0.05, 0) is 36.8 Å². The minimum Gasteiger partial charge on any atom is -0.465 e. The van der Waals surface area contributed by atoms with E-state index in [0.29, 0.717) is 25.1 Å². The van der Waals surface area contributed by atoms with Crippen molar-refractivity contribution in [3.63, 3.8) is 0 Å². The Morgan fingerprint density at radius 2 is 1.67 bits per heavy atom. The summed E-state index contributed by atoms with van der Waals surface area (Å²) in [6.07, 6.45) is 10.5. The molecule has 2 saturated heterocycles. The molecule has 0 saturated carbocycles. The first-order chi connectivity index (χ1) is 20.5. The summed E-state index contributed by atoms with van der Waals surface area (Å²) in [4.78, 5) is 46.5. The highest BCUT2D eigenvalue weighted by Crippen LogP contribution is 2.59. The van der Waals surface area contributed by atoms with E-state index in [1.807, 2.05) is 91.9 Å². The second kappa shape index (κ2) is 11.5. The van der Waals surface area contributed by atoms with E-state index in [1.165, 1.54) is 4.90 Å². The number of hydrogen-bond acceptors (Lipinski definition) is 6. The molecule has 4 aliphatic heterocycles. The van der Waals surface area contributed by atoms with Gasteiger partial charge >= 0.3 is 5.97 Å². The predicted octanol–water partition coefficient (Wildman–Crippen LogP) is 3.96. The van der Waals surface area contributed by atoms with Crippen molar-refractivity contribution in [2.75, 3.05) is 19.8 Å². The molecular weight excluding hydrogens is 532 g/mol. The lowest BCUT2D eigenvalue weighted by atomic mass is 9.73. The van der Waals surface area contributed by atoms with E-state index in [1.54, 1.807) is 4.90 Å². The van der Waals surface area contributed by atoms with Gasteiger partial charge in [0, 0.05) is 13.1 Å². The quantitative estimate of drug-likeness (QED) is 0.417. The largest absolute Gasteiger partial charge is 0.465 e. The van der Waals surface area contributed by atoms with Gasteiger partial charge in [0.15, 0.2) is 0 Å². The Labute approximate surface area is 246 Å². The van der Waals surface area contributed by atoms with Crippen molar-refractivity contribution in [3.8, 4) is 0 Å². The number of amides is 2. The van der Waals surface area contributed by atoms with Crippen LogP contribution in [0.25, 0.3) is 0 Å². The number of aliphatic hydroxyl groups is 1. The Morgan fingerprint density at radius 3 is 2.38 bits per heavy atom. The van der Waals surface area contributed by atoms with E-state index in [9.17, 15) is 19.5 Å². The molecule has 0 aliphatic carbocycles. The maximum Gasteiger partial charge on any atom is 0.313 e. The van der Waals surface area contributed by atoms with Gasteiger partial charge in [0.2, 0.25) is 11.8 Å². The first-order valence-corrected chi connectivity index (χ1v) is 15.0. The summed E-state index contributed by atoms with van der Waals surface area (Å²) in [5.74, 6) is -3.07. The molecule has 220 valence electrons. The van der Waals surface area contributed by atoms with Crippen molar-refractivity contribution in [1.29, 1.82) is 0 Å². The maximum absolute atomic E-state index is 14.8. The van der Waals surface area contributed by atoms with E-state index in [-0.39, 0.29) is 18.4 Å². The molecule has 0 bridgehead atoms. The average Bonchev–Trinajstić information content (AvgIpc) is 3.38. The van der Waals surface area contributed by atoms with Gasteiger partial charge in [-0.25, -0.2) is 0 Å². The molecule has 1 N–H and O–H groups in total.